The van der Waals surface area contributed by atoms with Gasteiger partial charge in [0.2, 0.25) is 0 Å². The summed E-state index contributed by atoms with van der Waals surface area (Å²) in [6, 6.07) is 0. The highest BCUT2D eigenvalue weighted by Gasteiger charge is 2.47. The molecule has 0 bridgehead atoms. The van der Waals surface area contributed by atoms with Crippen LogP contribution in [0.25, 0.3) is 0 Å². The first-order valence-corrected chi connectivity index (χ1v) is 6.56. The van der Waals surface area contributed by atoms with Crippen LogP contribution in [0.1, 0.15) is 18.4 Å². The smallest absolute Gasteiger partial charge is 0.0959 e. The predicted molar refractivity (Wildman–Crippen MR) is 67.2 cm³/mol. The molecule has 2 aliphatic rings. The zero-order valence-corrected chi connectivity index (χ0v) is 11.1. The molecule has 0 amide bonds. The van der Waals surface area contributed by atoms with E-state index in [9.17, 15) is 0 Å². The Morgan fingerprint density at radius 2 is 2.39 bits per heavy atom. The van der Waals surface area contributed by atoms with Gasteiger partial charge in [-0.05, 0) is 6.42 Å². The fourth-order valence-electron chi connectivity index (χ4n) is 3.10. The van der Waals surface area contributed by atoms with Gasteiger partial charge in [-0.1, -0.05) is 0 Å². The first kappa shape index (κ1) is 12.1. The Balaban J connectivity index is 1.53. The standard InChI is InChI=1S/C13H21N3O2/c1-15-7-11(6-14-15)8-16-9-13(10-16)5-12(17-2)3-4-18-13/h6-7,12H,3-5,8-10H2,1-2H3. The van der Waals surface area contributed by atoms with Crippen LogP contribution in [-0.2, 0) is 23.1 Å². The average Bonchev–Trinajstić information content (AvgIpc) is 2.73. The van der Waals surface area contributed by atoms with Gasteiger partial charge in [0, 0.05) is 58.6 Å². The molecule has 100 valence electrons. The highest BCUT2D eigenvalue weighted by molar-refractivity contribution is 5.08. The average molecular weight is 251 g/mol. The van der Waals surface area contributed by atoms with Crippen LogP contribution < -0.4 is 0 Å². The molecule has 2 aliphatic heterocycles. The molecule has 1 aromatic heterocycles. The van der Waals surface area contributed by atoms with E-state index in [1.165, 1.54) is 5.56 Å². The van der Waals surface area contributed by atoms with E-state index in [-0.39, 0.29) is 5.60 Å². The third-order valence-electron chi connectivity index (χ3n) is 3.97. The number of hydrogen-bond acceptors (Lipinski definition) is 4. The highest BCUT2D eigenvalue weighted by Crippen LogP contribution is 2.35. The maximum absolute atomic E-state index is 5.96. The number of aryl methyl sites for hydroxylation is 1. The molecular weight excluding hydrogens is 230 g/mol. The molecule has 3 heterocycles. The van der Waals surface area contributed by atoms with E-state index >= 15 is 0 Å². The van der Waals surface area contributed by atoms with Crippen molar-refractivity contribution >= 4 is 0 Å². The molecule has 1 atom stereocenters. The molecule has 0 radical (unpaired) electrons. The SMILES string of the molecule is COC1CCOC2(C1)CN(Cc1cnn(C)c1)C2. The fourth-order valence-corrected chi connectivity index (χ4v) is 3.10. The van der Waals surface area contributed by atoms with Crippen LogP contribution >= 0.6 is 0 Å². The minimum atomic E-state index is 0.0567. The lowest BCUT2D eigenvalue weighted by Gasteiger charge is -2.53. The summed E-state index contributed by atoms with van der Waals surface area (Å²) in [5.74, 6) is 0. The number of aromatic nitrogens is 2. The van der Waals surface area contributed by atoms with Crippen molar-refractivity contribution in [2.24, 2.45) is 7.05 Å². The van der Waals surface area contributed by atoms with Gasteiger partial charge < -0.3 is 9.47 Å². The van der Waals surface area contributed by atoms with Crippen LogP contribution in [0.4, 0.5) is 0 Å². The van der Waals surface area contributed by atoms with Gasteiger partial charge in [-0.25, -0.2) is 0 Å². The van der Waals surface area contributed by atoms with E-state index in [1.54, 1.807) is 7.11 Å². The zero-order valence-electron chi connectivity index (χ0n) is 11.1. The Bertz CT molecular complexity index is 412. The molecule has 0 saturated carbocycles. The van der Waals surface area contributed by atoms with Gasteiger partial charge in [-0.15, -0.1) is 0 Å². The molecule has 0 aromatic carbocycles. The molecule has 1 spiro atoms. The third kappa shape index (κ3) is 2.30. The lowest BCUT2D eigenvalue weighted by Crippen LogP contribution is -2.65. The second-order valence-corrected chi connectivity index (χ2v) is 5.55. The largest absolute Gasteiger partial charge is 0.381 e. The van der Waals surface area contributed by atoms with Crippen molar-refractivity contribution < 1.29 is 9.47 Å². The van der Waals surface area contributed by atoms with Gasteiger partial charge in [-0.2, -0.15) is 5.10 Å². The summed E-state index contributed by atoms with van der Waals surface area (Å²) in [5.41, 5.74) is 1.33. The fraction of sp³-hybridized carbons (Fsp3) is 0.769. The first-order chi connectivity index (χ1) is 8.69. The Morgan fingerprint density at radius 1 is 1.56 bits per heavy atom. The summed E-state index contributed by atoms with van der Waals surface area (Å²) in [7, 11) is 3.75. The van der Waals surface area contributed by atoms with E-state index in [4.69, 9.17) is 9.47 Å². The molecule has 5 heteroatoms. The van der Waals surface area contributed by atoms with E-state index < -0.39 is 0 Å². The Labute approximate surface area is 108 Å². The van der Waals surface area contributed by atoms with E-state index in [1.807, 2.05) is 17.9 Å². The van der Waals surface area contributed by atoms with E-state index in [0.717, 1.165) is 39.1 Å². The number of methoxy groups -OCH3 is 1. The van der Waals surface area contributed by atoms with Gasteiger partial charge in [0.25, 0.3) is 0 Å². The van der Waals surface area contributed by atoms with E-state index in [0.29, 0.717) is 6.10 Å². The molecular formula is C13H21N3O2. The van der Waals surface area contributed by atoms with Gasteiger partial charge in [0.15, 0.2) is 0 Å². The van der Waals surface area contributed by atoms with E-state index in [2.05, 4.69) is 16.2 Å². The Hall–Kier alpha value is -0.910. The molecule has 3 rings (SSSR count). The summed E-state index contributed by atoms with van der Waals surface area (Å²) in [5, 5.41) is 4.20. The van der Waals surface area contributed by atoms with Crippen LogP contribution in [0, 0.1) is 0 Å². The first-order valence-electron chi connectivity index (χ1n) is 6.56. The number of rotatable bonds is 3. The highest BCUT2D eigenvalue weighted by atomic mass is 16.5. The number of ether oxygens (including phenoxy) is 2. The topological polar surface area (TPSA) is 39.5 Å². The van der Waals surface area contributed by atoms with Crippen LogP contribution in [-0.4, -0.2) is 53.2 Å². The maximum Gasteiger partial charge on any atom is 0.0959 e. The summed E-state index contributed by atoms with van der Waals surface area (Å²) in [6.45, 7) is 3.83. The normalized spacial score (nSPS) is 27.3. The van der Waals surface area contributed by atoms with Crippen LogP contribution in [0.2, 0.25) is 0 Å². The molecule has 0 aliphatic carbocycles. The van der Waals surface area contributed by atoms with Crippen molar-refractivity contribution in [3.8, 4) is 0 Å². The number of hydrogen-bond donors (Lipinski definition) is 0. The van der Waals surface area contributed by atoms with Crippen molar-refractivity contribution in [2.75, 3.05) is 26.8 Å². The molecule has 2 fully saturated rings. The zero-order chi connectivity index (χ0) is 12.6. The molecule has 2 saturated heterocycles. The monoisotopic (exact) mass is 251 g/mol. The van der Waals surface area contributed by atoms with Crippen molar-refractivity contribution in [3.63, 3.8) is 0 Å². The molecule has 1 unspecified atom stereocenters. The summed E-state index contributed by atoms with van der Waals surface area (Å²) < 4.78 is 13.3. The van der Waals surface area contributed by atoms with Crippen molar-refractivity contribution in [1.82, 2.24) is 14.7 Å². The van der Waals surface area contributed by atoms with Gasteiger partial charge >= 0.3 is 0 Å². The Kier molecular flexibility index (Phi) is 3.13. The Morgan fingerprint density at radius 3 is 3.06 bits per heavy atom. The summed E-state index contributed by atoms with van der Waals surface area (Å²) in [4.78, 5) is 2.41. The maximum atomic E-state index is 5.96. The quantitative estimate of drug-likeness (QED) is 0.796. The summed E-state index contributed by atoms with van der Waals surface area (Å²) >= 11 is 0. The minimum absolute atomic E-state index is 0.0567. The molecule has 5 nitrogen and oxygen atoms in total. The van der Waals surface area contributed by atoms with Gasteiger partial charge in [0.05, 0.1) is 17.9 Å². The van der Waals surface area contributed by atoms with Gasteiger partial charge in [-0.3, -0.25) is 9.58 Å². The third-order valence-corrected chi connectivity index (χ3v) is 3.97. The lowest BCUT2D eigenvalue weighted by molar-refractivity contribution is -0.195. The molecule has 1 aromatic rings. The summed E-state index contributed by atoms with van der Waals surface area (Å²) in [6.07, 6.45) is 6.45. The van der Waals surface area contributed by atoms with Crippen molar-refractivity contribution in [3.05, 3.63) is 18.0 Å². The van der Waals surface area contributed by atoms with Crippen LogP contribution in [0.3, 0.4) is 0 Å². The van der Waals surface area contributed by atoms with Crippen molar-refractivity contribution in [1.29, 1.82) is 0 Å². The second kappa shape index (κ2) is 4.64. The molecule has 18 heavy (non-hydrogen) atoms. The number of nitrogens with zero attached hydrogens (tertiary/aromatic N) is 3. The second-order valence-electron chi connectivity index (χ2n) is 5.55. The molecule has 0 N–H and O–H groups in total. The minimum Gasteiger partial charge on any atom is -0.381 e. The predicted octanol–water partition coefficient (Wildman–Crippen LogP) is 0.800. The van der Waals surface area contributed by atoms with Crippen molar-refractivity contribution in [2.45, 2.75) is 31.1 Å². The lowest BCUT2D eigenvalue weighted by atomic mass is 9.84. The number of likely N-dealkylation sites (tertiary alicyclic amines) is 1. The van der Waals surface area contributed by atoms with Crippen LogP contribution in [0.5, 0.6) is 0 Å². The van der Waals surface area contributed by atoms with Gasteiger partial charge in [0.1, 0.15) is 0 Å². The van der Waals surface area contributed by atoms with Crippen LogP contribution in [0.15, 0.2) is 12.4 Å².